The number of aromatic nitrogens is 2. The Labute approximate surface area is 105 Å². The molecule has 2 aliphatic heterocycles. The molecule has 0 bridgehead atoms. The Morgan fingerprint density at radius 3 is 3.06 bits per heavy atom. The van der Waals surface area contributed by atoms with E-state index in [1.165, 1.54) is 0 Å². The van der Waals surface area contributed by atoms with Gasteiger partial charge in [-0.3, -0.25) is 4.79 Å². The number of anilines is 1. The van der Waals surface area contributed by atoms with Crippen LogP contribution in [-0.4, -0.2) is 47.5 Å². The van der Waals surface area contributed by atoms with Crippen LogP contribution in [0.5, 0.6) is 0 Å². The number of hydrogen-bond donors (Lipinski definition) is 3. The first-order valence-corrected chi connectivity index (χ1v) is 6.18. The average Bonchev–Trinajstić information content (AvgIpc) is 2.86. The second kappa shape index (κ2) is 4.68. The van der Waals surface area contributed by atoms with E-state index in [-0.39, 0.29) is 11.9 Å². The fourth-order valence-corrected chi connectivity index (χ4v) is 2.22. The van der Waals surface area contributed by atoms with Crippen LogP contribution in [0, 0.1) is 0 Å². The molecule has 1 aromatic rings. The number of nitrogens with two attached hydrogens (primary N) is 1. The summed E-state index contributed by atoms with van der Waals surface area (Å²) >= 11 is 0. The quantitative estimate of drug-likeness (QED) is 0.646. The van der Waals surface area contributed by atoms with Gasteiger partial charge in [0.15, 0.2) is 6.10 Å². The topological polar surface area (TPSA) is 94.2 Å². The molecule has 3 heterocycles. The van der Waals surface area contributed by atoms with Crippen LogP contribution in [0.4, 0.5) is 5.82 Å². The molecule has 2 saturated heterocycles. The van der Waals surface area contributed by atoms with Crippen molar-refractivity contribution < 1.29 is 9.53 Å². The number of amides is 1. The van der Waals surface area contributed by atoms with Gasteiger partial charge in [-0.2, -0.15) is 5.10 Å². The summed E-state index contributed by atoms with van der Waals surface area (Å²) in [6.45, 7) is 2.30. The summed E-state index contributed by atoms with van der Waals surface area (Å²) < 4.78 is 7.17. The standard InChI is InChI=1S/C11H17N5O2/c12-8-2-4-18-10(8)11(17)15-9-1-3-14-16(9)7-5-13-6-7/h1,3,7-8,10,13H,2,4-6,12H2,(H,15,17)/t8-,10+/m0/s1. The van der Waals surface area contributed by atoms with Gasteiger partial charge in [0, 0.05) is 31.8 Å². The molecule has 2 atom stereocenters. The number of ether oxygens (including phenoxy) is 1. The van der Waals surface area contributed by atoms with E-state index in [0.717, 1.165) is 19.5 Å². The smallest absolute Gasteiger partial charge is 0.256 e. The maximum Gasteiger partial charge on any atom is 0.256 e. The Hall–Kier alpha value is -1.44. The van der Waals surface area contributed by atoms with E-state index in [2.05, 4.69) is 15.7 Å². The van der Waals surface area contributed by atoms with Crippen molar-refractivity contribution in [2.45, 2.75) is 24.6 Å². The monoisotopic (exact) mass is 251 g/mol. The van der Waals surface area contributed by atoms with Crippen molar-refractivity contribution >= 4 is 11.7 Å². The Morgan fingerprint density at radius 2 is 2.44 bits per heavy atom. The molecule has 18 heavy (non-hydrogen) atoms. The van der Waals surface area contributed by atoms with Crippen LogP contribution in [0.3, 0.4) is 0 Å². The van der Waals surface area contributed by atoms with Crippen molar-refractivity contribution in [3.8, 4) is 0 Å². The third-order valence-electron chi connectivity index (χ3n) is 3.42. The highest BCUT2D eigenvalue weighted by Gasteiger charge is 2.32. The molecule has 1 amide bonds. The Morgan fingerprint density at radius 1 is 1.61 bits per heavy atom. The molecule has 3 rings (SSSR count). The molecule has 1 aromatic heterocycles. The van der Waals surface area contributed by atoms with Gasteiger partial charge in [0.05, 0.1) is 12.2 Å². The van der Waals surface area contributed by atoms with E-state index < -0.39 is 6.10 Å². The summed E-state index contributed by atoms with van der Waals surface area (Å²) in [7, 11) is 0. The minimum absolute atomic E-state index is 0.186. The summed E-state index contributed by atoms with van der Waals surface area (Å²) in [5.41, 5.74) is 5.83. The lowest BCUT2D eigenvalue weighted by Crippen LogP contribution is -2.45. The van der Waals surface area contributed by atoms with E-state index in [9.17, 15) is 4.79 Å². The van der Waals surface area contributed by atoms with Gasteiger partial charge in [-0.15, -0.1) is 0 Å². The van der Waals surface area contributed by atoms with Gasteiger partial charge in [0.25, 0.3) is 5.91 Å². The highest BCUT2D eigenvalue weighted by molar-refractivity contribution is 5.94. The molecular weight excluding hydrogens is 234 g/mol. The zero-order valence-electron chi connectivity index (χ0n) is 10.0. The molecular formula is C11H17N5O2. The highest BCUT2D eigenvalue weighted by atomic mass is 16.5. The molecule has 0 radical (unpaired) electrons. The molecule has 2 aliphatic rings. The second-order valence-corrected chi connectivity index (χ2v) is 4.71. The van der Waals surface area contributed by atoms with Crippen molar-refractivity contribution in [3.05, 3.63) is 12.3 Å². The van der Waals surface area contributed by atoms with Gasteiger partial charge < -0.3 is 21.1 Å². The van der Waals surface area contributed by atoms with Crippen LogP contribution >= 0.6 is 0 Å². The van der Waals surface area contributed by atoms with E-state index in [0.29, 0.717) is 18.5 Å². The third kappa shape index (κ3) is 2.00. The summed E-state index contributed by atoms with van der Waals surface area (Å²) in [5, 5.41) is 10.2. The molecule has 7 heteroatoms. The largest absolute Gasteiger partial charge is 0.367 e. The van der Waals surface area contributed by atoms with E-state index in [1.54, 1.807) is 12.3 Å². The molecule has 0 unspecified atom stereocenters. The SMILES string of the molecule is N[C@H]1CCO[C@H]1C(=O)Nc1ccnn1C1CNC1. The molecule has 98 valence electrons. The lowest BCUT2D eigenvalue weighted by Gasteiger charge is -2.29. The lowest BCUT2D eigenvalue weighted by molar-refractivity contribution is -0.125. The summed E-state index contributed by atoms with van der Waals surface area (Å²) in [6, 6.07) is 1.89. The number of hydrogen-bond acceptors (Lipinski definition) is 5. The Kier molecular flexibility index (Phi) is 3.02. The summed E-state index contributed by atoms with van der Waals surface area (Å²) in [5.74, 6) is 0.517. The van der Waals surface area contributed by atoms with Gasteiger partial charge in [-0.25, -0.2) is 4.68 Å². The number of carbonyl (C=O) groups is 1. The van der Waals surface area contributed by atoms with Crippen LogP contribution < -0.4 is 16.4 Å². The number of carbonyl (C=O) groups excluding carboxylic acids is 1. The first kappa shape index (κ1) is 11.6. The van der Waals surface area contributed by atoms with Crippen LogP contribution in [-0.2, 0) is 9.53 Å². The van der Waals surface area contributed by atoms with Crippen molar-refractivity contribution in [2.75, 3.05) is 25.0 Å². The number of rotatable bonds is 3. The molecule has 2 fully saturated rings. The van der Waals surface area contributed by atoms with Crippen molar-refractivity contribution in [1.29, 1.82) is 0 Å². The molecule has 0 saturated carbocycles. The fourth-order valence-electron chi connectivity index (χ4n) is 2.22. The second-order valence-electron chi connectivity index (χ2n) is 4.71. The first-order valence-electron chi connectivity index (χ1n) is 6.18. The summed E-state index contributed by atoms with van der Waals surface area (Å²) in [6.07, 6.45) is 1.86. The van der Waals surface area contributed by atoms with Gasteiger partial charge in [0.1, 0.15) is 5.82 Å². The van der Waals surface area contributed by atoms with Crippen LogP contribution in [0.2, 0.25) is 0 Å². The van der Waals surface area contributed by atoms with Crippen molar-refractivity contribution in [2.24, 2.45) is 5.73 Å². The molecule has 7 nitrogen and oxygen atoms in total. The van der Waals surface area contributed by atoms with Crippen molar-refractivity contribution in [3.63, 3.8) is 0 Å². The molecule has 4 N–H and O–H groups in total. The maximum atomic E-state index is 12.0. The molecule has 0 aromatic carbocycles. The normalized spacial score (nSPS) is 28.1. The van der Waals surface area contributed by atoms with E-state index >= 15 is 0 Å². The van der Waals surface area contributed by atoms with Crippen LogP contribution in [0.15, 0.2) is 12.3 Å². The van der Waals surface area contributed by atoms with Gasteiger partial charge in [0.2, 0.25) is 0 Å². The number of nitrogens with one attached hydrogen (secondary N) is 2. The average molecular weight is 251 g/mol. The third-order valence-corrected chi connectivity index (χ3v) is 3.42. The fraction of sp³-hybridized carbons (Fsp3) is 0.636. The first-order chi connectivity index (χ1) is 8.75. The zero-order chi connectivity index (χ0) is 12.5. The van der Waals surface area contributed by atoms with E-state index in [4.69, 9.17) is 10.5 Å². The zero-order valence-corrected chi connectivity index (χ0v) is 10.0. The summed E-state index contributed by atoms with van der Waals surface area (Å²) in [4.78, 5) is 12.0. The molecule has 0 aliphatic carbocycles. The lowest BCUT2D eigenvalue weighted by atomic mass is 10.1. The van der Waals surface area contributed by atoms with E-state index in [1.807, 2.05) is 4.68 Å². The predicted molar refractivity (Wildman–Crippen MR) is 65.1 cm³/mol. The van der Waals surface area contributed by atoms with Crippen LogP contribution in [0.25, 0.3) is 0 Å². The van der Waals surface area contributed by atoms with Gasteiger partial charge in [-0.1, -0.05) is 0 Å². The molecule has 0 spiro atoms. The Balaban J connectivity index is 1.68. The van der Waals surface area contributed by atoms with Gasteiger partial charge >= 0.3 is 0 Å². The van der Waals surface area contributed by atoms with Gasteiger partial charge in [-0.05, 0) is 6.42 Å². The Bertz CT molecular complexity index is 442. The maximum absolute atomic E-state index is 12.0. The number of nitrogens with zero attached hydrogens (tertiary/aromatic N) is 2. The minimum atomic E-state index is -0.548. The minimum Gasteiger partial charge on any atom is -0.367 e. The predicted octanol–water partition coefficient (Wildman–Crippen LogP) is -0.918. The van der Waals surface area contributed by atoms with Crippen LogP contribution in [0.1, 0.15) is 12.5 Å². The van der Waals surface area contributed by atoms with Crippen molar-refractivity contribution in [1.82, 2.24) is 15.1 Å². The highest BCUT2D eigenvalue weighted by Crippen LogP contribution is 2.19.